The van der Waals surface area contributed by atoms with Crippen LogP contribution in [0.4, 0.5) is 0 Å². The van der Waals surface area contributed by atoms with Crippen LogP contribution in [0.1, 0.15) is 24.4 Å². The molecule has 0 saturated heterocycles. The number of carbonyl (C=O) groups excluding carboxylic acids is 1. The number of nitrogens with one attached hydrogen (secondary N) is 1. The maximum absolute atomic E-state index is 11.7. The topological polar surface area (TPSA) is 99.0 Å². The van der Waals surface area contributed by atoms with Crippen LogP contribution in [0, 0.1) is 0 Å². The molecule has 7 heteroatoms. The van der Waals surface area contributed by atoms with E-state index in [1.165, 1.54) is 4.68 Å². The van der Waals surface area contributed by atoms with Crippen LogP contribution in [0.2, 0.25) is 0 Å². The molecule has 0 aromatic carbocycles. The summed E-state index contributed by atoms with van der Waals surface area (Å²) in [5.41, 5.74) is 6.06. The summed E-state index contributed by atoms with van der Waals surface area (Å²) in [6, 6.07) is 3.42. The van der Waals surface area contributed by atoms with Gasteiger partial charge in [0, 0.05) is 6.54 Å². The van der Waals surface area contributed by atoms with Gasteiger partial charge in [-0.3, -0.25) is 4.79 Å². The summed E-state index contributed by atoms with van der Waals surface area (Å²) < 4.78 is 6.65. The highest BCUT2D eigenvalue weighted by Gasteiger charge is 2.12. The summed E-state index contributed by atoms with van der Waals surface area (Å²) in [6.07, 6.45) is 3.22. The quantitative estimate of drug-likeness (QED) is 0.789. The maximum Gasteiger partial charge on any atom is 0.242 e. The van der Waals surface area contributed by atoms with E-state index in [4.69, 9.17) is 10.2 Å². The van der Waals surface area contributed by atoms with E-state index in [9.17, 15) is 4.79 Å². The van der Waals surface area contributed by atoms with Crippen molar-refractivity contribution in [1.82, 2.24) is 20.3 Å². The zero-order chi connectivity index (χ0) is 13.0. The minimum Gasteiger partial charge on any atom is -0.467 e. The summed E-state index contributed by atoms with van der Waals surface area (Å²) in [5, 5.41) is 10.4. The van der Waals surface area contributed by atoms with Crippen molar-refractivity contribution < 1.29 is 9.21 Å². The normalized spacial score (nSPS) is 12.3. The fraction of sp³-hybridized carbons (Fsp3) is 0.364. The SMILES string of the molecule is C[C@@H](NC(=O)Cn1cc(CN)nn1)c1ccco1. The first kappa shape index (κ1) is 12.3. The van der Waals surface area contributed by atoms with Crippen LogP contribution in [0.3, 0.4) is 0 Å². The number of rotatable bonds is 5. The lowest BCUT2D eigenvalue weighted by molar-refractivity contribution is -0.122. The van der Waals surface area contributed by atoms with Crippen molar-refractivity contribution in [3.05, 3.63) is 36.0 Å². The average molecular weight is 249 g/mol. The molecule has 7 nitrogen and oxygen atoms in total. The lowest BCUT2D eigenvalue weighted by Gasteiger charge is -2.10. The predicted octanol–water partition coefficient (Wildman–Crippen LogP) is 0.207. The summed E-state index contributed by atoms with van der Waals surface area (Å²) >= 11 is 0. The molecule has 0 aliphatic rings. The second kappa shape index (κ2) is 5.46. The first-order chi connectivity index (χ1) is 8.69. The Hall–Kier alpha value is -2.15. The molecule has 1 amide bonds. The molecule has 0 bridgehead atoms. The van der Waals surface area contributed by atoms with Crippen molar-refractivity contribution in [2.24, 2.45) is 5.73 Å². The van der Waals surface area contributed by atoms with E-state index in [0.29, 0.717) is 18.0 Å². The van der Waals surface area contributed by atoms with Crippen molar-refractivity contribution >= 4 is 5.91 Å². The molecule has 0 radical (unpaired) electrons. The smallest absolute Gasteiger partial charge is 0.242 e. The number of carbonyl (C=O) groups is 1. The van der Waals surface area contributed by atoms with Crippen LogP contribution in [0.5, 0.6) is 0 Å². The van der Waals surface area contributed by atoms with Crippen molar-refractivity contribution in [2.45, 2.75) is 26.1 Å². The molecule has 1 atom stereocenters. The number of hydrogen-bond donors (Lipinski definition) is 2. The van der Waals surface area contributed by atoms with Gasteiger partial charge in [-0.15, -0.1) is 5.10 Å². The van der Waals surface area contributed by atoms with Crippen LogP contribution in [-0.4, -0.2) is 20.9 Å². The number of nitrogens with zero attached hydrogens (tertiary/aromatic N) is 3. The largest absolute Gasteiger partial charge is 0.467 e. The molecule has 0 aliphatic carbocycles. The van der Waals surface area contributed by atoms with E-state index in [1.54, 1.807) is 18.5 Å². The van der Waals surface area contributed by atoms with Gasteiger partial charge in [0.25, 0.3) is 0 Å². The van der Waals surface area contributed by atoms with E-state index in [-0.39, 0.29) is 18.5 Å². The van der Waals surface area contributed by atoms with Gasteiger partial charge in [0.1, 0.15) is 12.3 Å². The molecular formula is C11H15N5O2. The highest BCUT2D eigenvalue weighted by molar-refractivity contribution is 5.76. The lowest BCUT2D eigenvalue weighted by atomic mass is 10.2. The minimum atomic E-state index is -0.176. The Balaban J connectivity index is 1.88. The zero-order valence-corrected chi connectivity index (χ0v) is 10.0. The first-order valence-corrected chi connectivity index (χ1v) is 5.61. The van der Waals surface area contributed by atoms with Crippen molar-refractivity contribution in [3.63, 3.8) is 0 Å². The Morgan fingerprint density at radius 2 is 2.50 bits per heavy atom. The molecule has 0 spiro atoms. The predicted molar refractivity (Wildman–Crippen MR) is 63.2 cm³/mol. The molecule has 2 aromatic rings. The molecule has 0 fully saturated rings. The highest BCUT2D eigenvalue weighted by Crippen LogP contribution is 2.11. The fourth-order valence-corrected chi connectivity index (χ4v) is 1.55. The fourth-order valence-electron chi connectivity index (χ4n) is 1.55. The van der Waals surface area contributed by atoms with Gasteiger partial charge in [0.2, 0.25) is 5.91 Å². The molecule has 2 aromatic heterocycles. The molecule has 0 aliphatic heterocycles. The third-order valence-electron chi connectivity index (χ3n) is 2.45. The summed E-state index contributed by atoms with van der Waals surface area (Å²) in [5.74, 6) is 0.553. The van der Waals surface area contributed by atoms with Crippen LogP contribution in [0.15, 0.2) is 29.0 Å². The number of furan rings is 1. The second-order valence-electron chi connectivity index (χ2n) is 3.92. The molecule has 18 heavy (non-hydrogen) atoms. The van der Waals surface area contributed by atoms with Crippen LogP contribution < -0.4 is 11.1 Å². The third-order valence-corrected chi connectivity index (χ3v) is 2.45. The summed E-state index contributed by atoms with van der Waals surface area (Å²) in [6.45, 7) is 2.27. The summed E-state index contributed by atoms with van der Waals surface area (Å²) in [4.78, 5) is 11.7. The Labute approximate surface area is 104 Å². The van der Waals surface area contributed by atoms with Gasteiger partial charge in [0.15, 0.2) is 0 Å². The molecule has 2 heterocycles. The van der Waals surface area contributed by atoms with Gasteiger partial charge in [0.05, 0.1) is 24.2 Å². The molecular weight excluding hydrogens is 234 g/mol. The molecule has 0 unspecified atom stereocenters. The standard InChI is InChI=1S/C11H15N5O2/c1-8(10-3-2-4-18-10)13-11(17)7-16-6-9(5-12)14-15-16/h2-4,6,8H,5,7,12H2,1H3,(H,13,17)/t8-/m1/s1. The monoisotopic (exact) mass is 249 g/mol. The number of aromatic nitrogens is 3. The summed E-state index contributed by atoms with van der Waals surface area (Å²) in [7, 11) is 0. The zero-order valence-electron chi connectivity index (χ0n) is 10.0. The first-order valence-electron chi connectivity index (χ1n) is 5.61. The number of nitrogens with two attached hydrogens (primary N) is 1. The Kier molecular flexibility index (Phi) is 3.73. The molecule has 0 saturated carbocycles. The van der Waals surface area contributed by atoms with Gasteiger partial charge in [-0.2, -0.15) is 0 Å². The van der Waals surface area contributed by atoms with Gasteiger partial charge in [-0.1, -0.05) is 5.21 Å². The Morgan fingerprint density at radius 3 is 3.11 bits per heavy atom. The minimum absolute atomic E-state index is 0.109. The number of amides is 1. The van der Waals surface area contributed by atoms with Gasteiger partial charge >= 0.3 is 0 Å². The van der Waals surface area contributed by atoms with Crippen LogP contribution in [0.25, 0.3) is 0 Å². The maximum atomic E-state index is 11.7. The van der Waals surface area contributed by atoms with Crippen LogP contribution in [-0.2, 0) is 17.9 Å². The average Bonchev–Trinajstić information content (AvgIpc) is 2.98. The van der Waals surface area contributed by atoms with Crippen molar-refractivity contribution in [3.8, 4) is 0 Å². The highest BCUT2D eigenvalue weighted by atomic mass is 16.3. The molecule has 96 valence electrons. The van der Waals surface area contributed by atoms with E-state index in [0.717, 1.165) is 0 Å². The van der Waals surface area contributed by atoms with Gasteiger partial charge in [-0.25, -0.2) is 4.68 Å². The third kappa shape index (κ3) is 2.95. The lowest BCUT2D eigenvalue weighted by Crippen LogP contribution is -2.30. The van der Waals surface area contributed by atoms with Crippen LogP contribution >= 0.6 is 0 Å². The van der Waals surface area contributed by atoms with Gasteiger partial charge in [-0.05, 0) is 19.1 Å². The second-order valence-corrected chi connectivity index (χ2v) is 3.92. The van der Waals surface area contributed by atoms with Crippen molar-refractivity contribution in [1.29, 1.82) is 0 Å². The van der Waals surface area contributed by atoms with E-state index in [1.807, 2.05) is 13.0 Å². The van der Waals surface area contributed by atoms with E-state index < -0.39 is 0 Å². The van der Waals surface area contributed by atoms with E-state index >= 15 is 0 Å². The molecule has 3 N–H and O–H groups in total. The van der Waals surface area contributed by atoms with Crippen molar-refractivity contribution in [2.75, 3.05) is 0 Å². The Morgan fingerprint density at radius 1 is 1.67 bits per heavy atom. The number of hydrogen-bond acceptors (Lipinski definition) is 5. The molecule has 2 rings (SSSR count). The Bertz CT molecular complexity index is 505. The van der Waals surface area contributed by atoms with Gasteiger partial charge < -0.3 is 15.5 Å². The van der Waals surface area contributed by atoms with E-state index in [2.05, 4.69) is 15.6 Å².